The Morgan fingerprint density at radius 2 is 0.846 bits per heavy atom. The van der Waals surface area contributed by atoms with E-state index in [4.69, 9.17) is 0 Å². The maximum atomic E-state index is 2.45. The highest BCUT2D eigenvalue weighted by molar-refractivity contribution is 6.15. The molecule has 0 aliphatic carbocycles. The van der Waals surface area contributed by atoms with Gasteiger partial charge in [0.05, 0.1) is 0 Å². The average molecular weight is 341 g/mol. The molecule has 0 radical (unpaired) electrons. The highest BCUT2D eigenvalue weighted by Crippen LogP contribution is 2.38. The maximum absolute atomic E-state index is 2.45. The summed E-state index contributed by atoms with van der Waals surface area (Å²) in [5.41, 5.74) is 11.4. The summed E-state index contributed by atoms with van der Waals surface area (Å²) in [5, 5.41) is 8.37. The van der Waals surface area contributed by atoms with E-state index in [1.807, 2.05) is 0 Å². The summed E-state index contributed by atoms with van der Waals surface area (Å²) >= 11 is 0. The van der Waals surface area contributed by atoms with E-state index in [9.17, 15) is 0 Å². The second kappa shape index (κ2) is 5.58. The van der Waals surface area contributed by atoms with Gasteiger partial charge in [-0.25, -0.2) is 0 Å². The third kappa shape index (κ3) is 2.08. The Bertz CT molecular complexity index is 1220. The Morgan fingerprint density at radius 3 is 1.42 bits per heavy atom. The van der Waals surface area contributed by atoms with Crippen molar-refractivity contribution in [3.8, 4) is 0 Å². The Hall–Kier alpha value is -2.34. The van der Waals surface area contributed by atoms with Crippen LogP contribution in [0.4, 0.5) is 0 Å². The van der Waals surface area contributed by atoms with Crippen LogP contribution in [0.25, 0.3) is 32.3 Å². The van der Waals surface area contributed by atoms with Gasteiger partial charge < -0.3 is 0 Å². The van der Waals surface area contributed by atoms with Crippen LogP contribution in [0, 0.1) is 55.4 Å². The van der Waals surface area contributed by atoms with Crippen molar-refractivity contribution in [1.82, 2.24) is 0 Å². The predicted octanol–water partition coefficient (Wildman–Crippen LogP) is 7.61. The summed E-state index contributed by atoms with van der Waals surface area (Å²) in [6.07, 6.45) is 0. The van der Waals surface area contributed by atoms with Gasteiger partial charge in [-0.1, -0.05) is 12.1 Å². The summed E-state index contributed by atoms with van der Waals surface area (Å²) in [7, 11) is 0. The predicted molar refractivity (Wildman–Crippen MR) is 117 cm³/mol. The van der Waals surface area contributed by atoms with Crippen LogP contribution in [0.3, 0.4) is 0 Å². The van der Waals surface area contributed by atoms with Crippen LogP contribution in [-0.4, -0.2) is 0 Å². The smallest absolute Gasteiger partial charge is 0.00704 e. The van der Waals surface area contributed by atoms with Crippen molar-refractivity contribution in [2.75, 3.05) is 0 Å². The minimum atomic E-state index is 1.35. The number of aryl methyl sites for hydroxylation is 4. The van der Waals surface area contributed by atoms with Gasteiger partial charge in [-0.05, 0) is 144 Å². The summed E-state index contributed by atoms with van der Waals surface area (Å²) in [6, 6.07) is 9.48. The van der Waals surface area contributed by atoms with Crippen LogP contribution in [0.2, 0.25) is 0 Å². The molecule has 0 heterocycles. The van der Waals surface area contributed by atoms with Gasteiger partial charge >= 0.3 is 0 Å². The standard InChI is InChI=1S/C26H28/c1-13-14(2)19(7)24-12-25-21(11-23(24)18(13)6)9-10-22-17(5)15(3)16(4)20(8)26(22)25/h9-12H,1-8H3. The third-order valence-electron chi connectivity index (χ3n) is 7.12. The van der Waals surface area contributed by atoms with Gasteiger partial charge in [0.2, 0.25) is 0 Å². The lowest BCUT2D eigenvalue weighted by atomic mass is 9.86. The fourth-order valence-corrected chi connectivity index (χ4v) is 4.63. The van der Waals surface area contributed by atoms with Crippen LogP contribution in [0.5, 0.6) is 0 Å². The molecule has 132 valence electrons. The van der Waals surface area contributed by atoms with Crippen molar-refractivity contribution in [2.45, 2.75) is 55.4 Å². The SMILES string of the molecule is Cc1c(C)c(C)c2cc3c(ccc4c(C)c(C)c(C)c(C)c43)cc2c1C. The van der Waals surface area contributed by atoms with Crippen molar-refractivity contribution < 1.29 is 0 Å². The molecule has 0 fully saturated rings. The summed E-state index contributed by atoms with van der Waals surface area (Å²) in [4.78, 5) is 0. The average Bonchev–Trinajstić information content (AvgIpc) is 2.65. The lowest BCUT2D eigenvalue weighted by molar-refractivity contribution is 1.25. The van der Waals surface area contributed by atoms with Gasteiger partial charge in [-0.2, -0.15) is 0 Å². The van der Waals surface area contributed by atoms with E-state index in [1.165, 1.54) is 76.8 Å². The molecular weight excluding hydrogens is 312 g/mol. The van der Waals surface area contributed by atoms with Gasteiger partial charge in [-0.3, -0.25) is 0 Å². The lowest BCUT2D eigenvalue weighted by Crippen LogP contribution is -1.97. The highest BCUT2D eigenvalue weighted by atomic mass is 14.2. The van der Waals surface area contributed by atoms with Gasteiger partial charge in [0.15, 0.2) is 0 Å². The summed E-state index contributed by atoms with van der Waals surface area (Å²) < 4.78 is 0. The van der Waals surface area contributed by atoms with Crippen molar-refractivity contribution in [2.24, 2.45) is 0 Å². The molecule has 0 aliphatic heterocycles. The zero-order valence-electron chi connectivity index (χ0n) is 17.3. The van der Waals surface area contributed by atoms with Crippen molar-refractivity contribution in [3.63, 3.8) is 0 Å². The Labute approximate surface area is 156 Å². The van der Waals surface area contributed by atoms with E-state index in [2.05, 4.69) is 79.7 Å². The lowest BCUT2D eigenvalue weighted by Gasteiger charge is -2.18. The monoisotopic (exact) mass is 340 g/mol. The number of hydrogen-bond donors (Lipinski definition) is 0. The van der Waals surface area contributed by atoms with E-state index < -0.39 is 0 Å². The van der Waals surface area contributed by atoms with Crippen LogP contribution in [-0.2, 0) is 0 Å². The molecule has 26 heavy (non-hydrogen) atoms. The fraction of sp³-hybridized carbons (Fsp3) is 0.308. The first-order chi connectivity index (χ1) is 12.2. The molecule has 4 rings (SSSR count). The zero-order valence-corrected chi connectivity index (χ0v) is 17.3. The molecule has 0 nitrogen and oxygen atoms in total. The Balaban J connectivity index is 2.31. The van der Waals surface area contributed by atoms with Crippen molar-refractivity contribution >= 4 is 32.3 Å². The molecule has 0 saturated heterocycles. The number of hydrogen-bond acceptors (Lipinski definition) is 0. The van der Waals surface area contributed by atoms with Crippen LogP contribution < -0.4 is 0 Å². The Kier molecular flexibility index (Phi) is 3.67. The molecule has 0 unspecified atom stereocenters. The van der Waals surface area contributed by atoms with E-state index in [-0.39, 0.29) is 0 Å². The van der Waals surface area contributed by atoms with E-state index in [0.717, 1.165) is 0 Å². The number of fused-ring (bicyclic) bond motifs is 4. The fourth-order valence-electron chi connectivity index (χ4n) is 4.63. The normalized spacial score (nSPS) is 11.8. The van der Waals surface area contributed by atoms with Crippen molar-refractivity contribution in [1.29, 1.82) is 0 Å². The van der Waals surface area contributed by atoms with Crippen LogP contribution >= 0.6 is 0 Å². The highest BCUT2D eigenvalue weighted by Gasteiger charge is 2.14. The second-order valence-electron chi connectivity index (χ2n) is 8.11. The minimum Gasteiger partial charge on any atom is -0.0537 e. The Morgan fingerprint density at radius 1 is 0.385 bits per heavy atom. The van der Waals surface area contributed by atoms with Crippen LogP contribution in [0.1, 0.15) is 44.5 Å². The minimum absolute atomic E-state index is 1.35. The van der Waals surface area contributed by atoms with E-state index in [0.29, 0.717) is 0 Å². The molecule has 0 heteroatoms. The number of benzene rings is 4. The molecule has 0 aliphatic rings. The van der Waals surface area contributed by atoms with Gasteiger partial charge in [-0.15, -0.1) is 0 Å². The van der Waals surface area contributed by atoms with E-state index >= 15 is 0 Å². The van der Waals surface area contributed by atoms with E-state index in [1.54, 1.807) is 0 Å². The molecule has 4 aromatic rings. The quantitative estimate of drug-likeness (QED) is 0.228. The molecule has 0 atom stereocenters. The molecule has 0 amide bonds. The van der Waals surface area contributed by atoms with Gasteiger partial charge in [0, 0.05) is 0 Å². The maximum Gasteiger partial charge on any atom is -0.00704 e. The molecule has 4 aromatic carbocycles. The second-order valence-corrected chi connectivity index (χ2v) is 8.11. The van der Waals surface area contributed by atoms with Crippen molar-refractivity contribution in [3.05, 3.63) is 68.8 Å². The van der Waals surface area contributed by atoms with Gasteiger partial charge in [0.1, 0.15) is 0 Å². The summed E-state index contributed by atoms with van der Waals surface area (Å²) in [6.45, 7) is 18.1. The largest absolute Gasteiger partial charge is 0.0537 e. The first-order valence-corrected chi connectivity index (χ1v) is 9.57. The first kappa shape index (κ1) is 17.1. The molecular formula is C26H28. The summed E-state index contributed by atoms with van der Waals surface area (Å²) in [5.74, 6) is 0. The van der Waals surface area contributed by atoms with Crippen LogP contribution in [0.15, 0.2) is 24.3 Å². The third-order valence-corrected chi connectivity index (χ3v) is 7.12. The topological polar surface area (TPSA) is 0 Å². The molecule has 0 saturated carbocycles. The first-order valence-electron chi connectivity index (χ1n) is 9.57. The number of rotatable bonds is 0. The molecule has 0 bridgehead atoms. The zero-order chi connectivity index (χ0) is 18.9. The molecule has 0 N–H and O–H groups in total. The molecule has 0 aromatic heterocycles. The van der Waals surface area contributed by atoms with Gasteiger partial charge in [0.25, 0.3) is 0 Å². The molecule has 0 spiro atoms.